The predicted molar refractivity (Wildman–Crippen MR) is 88.1 cm³/mol. The highest BCUT2D eigenvalue weighted by Gasteiger charge is 2.15. The minimum Gasteiger partial charge on any atom is -0.484 e. The summed E-state index contributed by atoms with van der Waals surface area (Å²) in [6.07, 6.45) is 0. The molecule has 122 valence electrons. The van der Waals surface area contributed by atoms with Crippen LogP contribution in [0.4, 0.5) is 5.69 Å². The van der Waals surface area contributed by atoms with Crippen molar-refractivity contribution in [3.8, 4) is 5.75 Å². The quantitative estimate of drug-likeness (QED) is 0.831. The van der Waals surface area contributed by atoms with Crippen molar-refractivity contribution in [3.05, 3.63) is 53.1 Å². The summed E-state index contributed by atoms with van der Waals surface area (Å²) in [4.78, 5) is 10.7. The smallest absolute Gasteiger partial charge is 0.261 e. The summed E-state index contributed by atoms with van der Waals surface area (Å²) in [5, 5.41) is 0.378. The van der Waals surface area contributed by atoms with E-state index in [9.17, 15) is 13.2 Å². The molecule has 2 aromatic carbocycles. The van der Waals surface area contributed by atoms with Crippen molar-refractivity contribution in [2.24, 2.45) is 5.73 Å². The molecule has 0 atom stereocenters. The van der Waals surface area contributed by atoms with Crippen LogP contribution in [0.25, 0.3) is 0 Å². The summed E-state index contributed by atoms with van der Waals surface area (Å²) in [7, 11) is -3.74. The molecule has 0 radical (unpaired) electrons. The van der Waals surface area contributed by atoms with Crippen LogP contribution >= 0.6 is 11.6 Å². The number of primary amides is 1. The Morgan fingerprint density at radius 3 is 2.43 bits per heavy atom. The number of benzene rings is 2. The van der Waals surface area contributed by atoms with Gasteiger partial charge in [0.2, 0.25) is 0 Å². The number of halogens is 1. The minimum atomic E-state index is -3.74. The van der Waals surface area contributed by atoms with E-state index in [-0.39, 0.29) is 11.5 Å². The van der Waals surface area contributed by atoms with E-state index in [0.29, 0.717) is 16.5 Å². The highest BCUT2D eigenvalue weighted by molar-refractivity contribution is 7.92. The fourth-order valence-electron chi connectivity index (χ4n) is 1.73. The summed E-state index contributed by atoms with van der Waals surface area (Å²) < 4.78 is 32.1. The molecule has 0 saturated carbocycles. The van der Waals surface area contributed by atoms with E-state index in [1.54, 1.807) is 13.0 Å². The number of anilines is 1. The molecule has 2 rings (SSSR count). The first-order chi connectivity index (χ1) is 10.8. The van der Waals surface area contributed by atoms with Gasteiger partial charge in [-0.15, -0.1) is 0 Å². The number of hydrogen-bond acceptors (Lipinski definition) is 4. The molecule has 23 heavy (non-hydrogen) atoms. The lowest BCUT2D eigenvalue weighted by molar-refractivity contribution is -0.119. The van der Waals surface area contributed by atoms with Gasteiger partial charge in [-0.05, 0) is 48.9 Å². The number of hydrogen-bond donors (Lipinski definition) is 2. The third kappa shape index (κ3) is 4.61. The summed E-state index contributed by atoms with van der Waals surface area (Å²) >= 11 is 5.96. The molecule has 0 spiro atoms. The third-order valence-corrected chi connectivity index (χ3v) is 4.73. The first-order valence-corrected chi connectivity index (χ1v) is 8.44. The molecule has 1 amide bonds. The van der Waals surface area contributed by atoms with Crippen molar-refractivity contribution in [2.45, 2.75) is 11.8 Å². The van der Waals surface area contributed by atoms with Crippen LogP contribution in [0.3, 0.4) is 0 Å². The standard InChI is InChI=1S/C15H15ClN2O4S/c1-10-2-7-13(8-14(10)16)23(20,21)18-11-3-5-12(6-4-11)22-9-15(17)19/h2-8,18H,9H2,1H3,(H2,17,19). The first-order valence-electron chi connectivity index (χ1n) is 6.58. The average Bonchev–Trinajstić information content (AvgIpc) is 2.49. The molecule has 2 aromatic rings. The molecule has 0 fully saturated rings. The second-order valence-corrected chi connectivity index (χ2v) is 6.89. The molecule has 0 aliphatic rings. The third-order valence-electron chi connectivity index (χ3n) is 2.94. The maximum Gasteiger partial charge on any atom is 0.261 e. The van der Waals surface area contributed by atoms with Gasteiger partial charge >= 0.3 is 0 Å². The van der Waals surface area contributed by atoms with Crippen molar-refractivity contribution >= 4 is 33.2 Å². The Labute approximate surface area is 139 Å². The molecule has 0 aliphatic carbocycles. The van der Waals surface area contributed by atoms with Crippen molar-refractivity contribution in [1.82, 2.24) is 0 Å². The maximum absolute atomic E-state index is 12.3. The Morgan fingerprint density at radius 1 is 1.22 bits per heavy atom. The number of rotatable bonds is 6. The molecule has 0 bridgehead atoms. The molecule has 0 aromatic heterocycles. The van der Waals surface area contributed by atoms with Crippen molar-refractivity contribution in [2.75, 3.05) is 11.3 Å². The van der Waals surface area contributed by atoms with Gasteiger partial charge in [-0.3, -0.25) is 9.52 Å². The Bertz CT molecular complexity index is 820. The summed E-state index contributed by atoms with van der Waals surface area (Å²) in [5.41, 5.74) is 6.12. The van der Waals surface area contributed by atoms with Crippen LogP contribution in [0.15, 0.2) is 47.4 Å². The first kappa shape index (κ1) is 17.1. The zero-order valence-corrected chi connectivity index (χ0v) is 13.8. The molecule has 0 unspecified atom stereocenters. The van der Waals surface area contributed by atoms with Crippen molar-refractivity contribution in [1.29, 1.82) is 0 Å². The van der Waals surface area contributed by atoms with E-state index in [1.165, 1.54) is 36.4 Å². The molecule has 3 N–H and O–H groups in total. The minimum absolute atomic E-state index is 0.0714. The van der Waals surface area contributed by atoms with E-state index in [2.05, 4.69) is 4.72 Å². The fraction of sp³-hybridized carbons (Fsp3) is 0.133. The van der Waals surface area contributed by atoms with Crippen LogP contribution in [-0.4, -0.2) is 20.9 Å². The highest BCUT2D eigenvalue weighted by atomic mass is 35.5. The number of carbonyl (C=O) groups is 1. The van der Waals surface area contributed by atoms with Gasteiger partial charge in [0.1, 0.15) is 5.75 Å². The molecule has 6 nitrogen and oxygen atoms in total. The number of carbonyl (C=O) groups excluding carboxylic acids is 1. The number of ether oxygens (including phenoxy) is 1. The molecular formula is C15H15ClN2O4S. The van der Waals surface area contributed by atoms with Gasteiger partial charge in [-0.25, -0.2) is 8.42 Å². The Balaban J connectivity index is 2.13. The molecule has 0 aliphatic heterocycles. The van der Waals surface area contributed by atoms with Crippen molar-refractivity contribution < 1.29 is 17.9 Å². The monoisotopic (exact) mass is 354 g/mol. The Hall–Kier alpha value is -2.25. The molecule has 0 saturated heterocycles. The molecule has 0 heterocycles. The maximum atomic E-state index is 12.3. The lowest BCUT2D eigenvalue weighted by atomic mass is 10.2. The number of aryl methyl sites for hydroxylation is 1. The van der Waals surface area contributed by atoms with Gasteiger partial charge in [-0.2, -0.15) is 0 Å². The van der Waals surface area contributed by atoms with Gasteiger partial charge in [0.15, 0.2) is 6.61 Å². The Morgan fingerprint density at radius 2 is 1.87 bits per heavy atom. The van der Waals surface area contributed by atoms with Gasteiger partial charge in [0.25, 0.3) is 15.9 Å². The highest BCUT2D eigenvalue weighted by Crippen LogP contribution is 2.23. The lowest BCUT2D eigenvalue weighted by Gasteiger charge is -2.10. The second-order valence-electron chi connectivity index (χ2n) is 4.80. The van der Waals surface area contributed by atoms with Crippen LogP contribution in [0, 0.1) is 6.92 Å². The van der Waals surface area contributed by atoms with Gasteiger partial charge in [-0.1, -0.05) is 17.7 Å². The lowest BCUT2D eigenvalue weighted by Crippen LogP contribution is -2.20. The summed E-state index contributed by atoms with van der Waals surface area (Å²) in [6, 6.07) is 10.6. The Kier molecular flexibility index (Phi) is 5.12. The van der Waals surface area contributed by atoms with E-state index in [1.807, 2.05) is 0 Å². The van der Waals surface area contributed by atoms with E-state index in [4.69, 9.17) is 22.1 Å². The molecular weight excluding hydrogens is 340 g/mol. The van der Waals surface area contributed by atoms with Crippen LogP contribution in [0.2, 0.25) is 5.02 Å². The topological polar surface area (TPSA) is 98.5 Å². The van der Waals surface area contributed by atoms with Gasteiger partial charge in [0.05, 0.1) is 4.90 Å². The predicted octanol–water partition coefficient (Wildman–Crippen LogP) is 2.31. The van der Waals surface area contributed by atoms with E-state index < -0.39 is 15.9 Å². The number of nitrogens with one attached hydrogen (secondary N) is 1. The van der Waals surface area contributed by atoms with E-state index >= 15 is 0 Å². The fourth-order valence-corrected chi connectivity index (χ4v) is 3.06. The SMILES string of the molecule is Cc1ccc(S(=O)(=O)Nc2ccc(OCC(N)=O)cc2)cc1Cl. The summed E-state index contributed by atoms with van der Waals surface area (Å²) in [6.45, 7) is 1.55. The van der Waals surface area contributed by atoms with Crippen LogP contribution in [0.1, 0.15) is 5.56 Å². The number of sulfonamides is 1. The van der Waals surface area contributed by atoms with Crippen molar-refractivity contribution in [3.63, 3.8) is 0 Å². The van der Waals surface area contributed by atoms with Crippen LogP contribution in [-0.2, 0) is 14.8 Å². The van der Waals surface area contributed by atoms with E-state index in [0.717, 1.165) is 5.56 Å². The normalized spacial score (nSPS) is 11.0. The zero-order chi connectivity index (χ0) is 17.0. The van der Waals surface area contributed by atoms with Gasteiger partial charge in [0, 0.05) is 10.7 Å². The summed E-state index contributed by atoms with van der Waals surface area (Å²) in [5.74, 6) is -0.184. The number of amides is 1. The largest absolute Gasteiger partial charge is 0.484 e. The van der Waals surface area contributed by atoms with Gasteiger partial charge < -0.3 is 10.5 Å². The van der Waals surface area contributed by atoms with Crippen LogP contribution < -0.4 is 15.2 Å². The van der Waals surface area contributed by atoms with Crippen LogP contribution in [0.5, 0.6) is 5.75 Å². The average molecular weight is 355 g/mol. The zero-order valence-electron chi connectivity index (χ0n) is 12.2. The number of nitrogens with two attached hydrogens (primary N) is 1. The molecule has 8 heteroatoms. The second kappa shape index (κ2) is 6.89.